The number of esters is 1. The molecular formula is C32H30N2O5S. The van der Waals surface area contributed by atoms with Gasteiger partial charge in [-0.05, 0) is 61.4 Å². The van der Waals surface area contributed by atoms with Crippen LogP contribution in [0, 0.1) is 0 Å². The fourth-order valence-electron chi connectivity index (χ4n) is 4.85. The molecule has 8 heteroatoms. The van der Waals surface area contributed by atoms with Crippen molar-refractivity contribution in [2.45, 2.75) is 26.8 Å². The zero-order chi connectivity index (χ0) is 28.2. The second kappa shape index (κ2) is 11.8. The molecule has 0 saturated heterocycles. The first kappa shape index (κ1) is 27.1. The number of thiazole rings is 1. The Labute approximate surface area is 236 Å². The van der Waals surface area contributed by atoms with Gasteiger partial charge >= 0.3 is 5.97 Å². The van der Waals surface area contributed by atoms with Gasteiger partial charge in [0.05, 0.1) is 35.1 Å². The number of nitrogens with zero attached hydrogens (tertiary/aromatic N) is 2. The second-order valence-corrected chi connectivity index (χ2v) is 10.1. The van der Waals surface area contributed by atoms with E-state index in [4.69, 9.17) is 14.2 Å². The van der Waals surface area contributed by atoms with E-state index in [0.29, 0.717) is 45.3 Å². The SMILES string of the molecule is C=CCOc1ccc2ccccc2c1/C=c1\sc2n(c1=O)[C@H](c1ccc(OCC)cc1)C(C(=O)OCC)=C(C)N=2. The minimum Gasteiger partial charge on any atom is -0.494 e. The standard InChI is InChI=1S/C32H30N2O5S/c1-5-18-39-26-17-14-21-10-8-9-11-24(21)25(26)19-27-30(35)34-29(22-12-15-23(16-13-22)37-6-2)28(31(36)38-7-3)20(4)33-32(34)40-27/h5,8-17,19,29H,1,6-7,18H2,2-4H3/b27-19-/t29-/m1/s1. The van der Waals surface area contributed by atoms with E-state index in [0.717, 1.165) is 21.9 Å². The van der Waals surface area contributed by atoms with Gasteiger partial charge in [0, 0.05) is 5.56 Å². The number of benzene rings is 3. The van der Waals surface area contributed by atoms with E-state index in [2.05, 4.69) is 11.6 Å². The highest BCUT2D eigenvalue weighted by Crippen LogP contribution is 2.32. The van der Waals surface area contributed by atoms with Crippen molar-refractivity contribution in [1.29, 1.82) is 0 Å². The van der Waals surface area contributed by atoms with Crippen LogP contribution in [0.3, 0.4) is 0 Å². The summed E-state index contributed by atoms with van der Waals surface area (Å²) in [6.45, 7) is 10.3. The second-order valence-electron chi connectivity index (χ2n) is 9.10. The van der Waals surface area contributed by atoms with E-state index in [1.807, 2.05) is 73.7 Å². The molecule has 0 saturated carbocycles. The summed E-state index contributed by atoms with van der Waals surface area (Å²) in [5.74, 6) is 0.863. The number of allylic oxidation sites excluding steroid dienone is 1. The normalized spacial score (nSPS) is 15.0. The monoisotopic (exact) mass is 554 g/mol. The van der Waals surface area contributed by atoms with Gasteiger partial charge < -0.3 is 14.2 Å². The van der Waals surface area contributed by atoms with Crippen LogP contribution in [0.1, 0.15) is 37.9 Å². The van der Waals surface area contributed by atoms with Gasteiger partial charge in [0.1, 0.15) is 18.1 Å². The fraction of sp³-hybridized carbons (Fsp3) is 0.219. The van der Waals surface area contributed by atoms with Gasteiger partial charge in [0.25, 0.3) is 5.56 Å². The Balaban J connectivity index is 1.74. The first-order valence-corrected chi connectivity index (χ1v) is 14.0. The number of ether oxygens (including phenoxy) is 3. The number of rotatable bonds is 9. The number of aromatic nitrogens is 1. The Hall–Kier alpha value is -4.43. The lowest BCUT2D eigenvalue weighted by Crippen LogP contribution is -2.39. The number of hydrogen-bond acceptors (Lipinski definition) is 7. The highest BCUT2D eigenvalue weighted by Gasteiger charge is 2.33. The quantitative estimate of drug-likeness (QED) is 0.217. The maximum absolute atomic E-state index is 14.1. The molecule has 2 heterocycles. The maximum Gasteiger partial charge on any atom is 0.338 e. The van der Waals surface area contributed by atoms with Crippen molar-refractivity contribution in [2.75, 3.05) is 19.8 Å². The van der Waals surface area contributed by atoms with Crippen LogP contribution in [0.5, 0.6) is 11.5 Å². The van der Waals surface area contributed by atoms with Crippen LogP contribution in [0.25, 0.3) is 16.8 Å². The Morgan fingerprint density at radius 2 is 1.82 bits per heavy atom. The lowest BCUT2D eigenvalue weighted by atomic mass is 9.96. The third-order valence-electron chi connectivity index (χ3n) is 6.59. The third-order valence-corrected chi connectivity index (χ3v) is 7.57. The molecule has 204 valence electrons. The predicted octanol–water partition coefficient (Wildman–Crippen LogP) is 4.92. The van der Waals surface area contributed by atoms with Crippen LogP contribution >= 0.6 is 11.3 Å². The molecule has 0 amide bonds. The molecule has 0 aliphatic carbocycles. The first-order chi connectivity index (χ1) is 19.5. The molecule has 0 spiro atoms. The van der Waals surface area contributed by atoms with E-state index >= 15 is 0 Å². The number of hydrogen-bond donors (Lipinski definition) is 0. The van der Waals surface area contributed by atoms with Crippen molar-refractivity contribution in [3.05, 3.63) is 115 Å². The van der Waals surface area contributed by atoms with Gasteiger partial charge in [0.2, 0.25) is 0 Å². The first-order valence-electron chi connectivity index (χ1n) is 13.1. The maximum atomic E-state index is 14.1. The predicted molar refractivity (Wildman–Crippen MR) is 158 cm³/mol. The van der Waals surface area contributed by atoms with Crippen LogP contribution in [0.15, 0.2) is 94.4 Å². The lowest BCUT2D eigenvalue weighted by Gasteiger charge is -2.24. The zero-order valence-electron chi connectivity index (χ0n) is 22.7. The number of carbonyl (C=O) groups excluding carboxylic acids is 1. The molecule has 40 heavy (non-hydrogen) atoms. The van der Waals surface area contributed by atoms with Crippen LogP contribution in [0.4, 0.5) is 0 Å². The Kier molecular flexibility index (Phi) is 7.98. The van der Waals surface area contributed by atoms with Gasteiger partial charge in [0.15, 0.2) is 4.80 Å². The van der Waals surface area contributed by atoms with Gasteiger partial charge in [-0.3, -0.25) is 9.36 Å². The molecule has 1 aromatic heterocycles. The molecule has 0 unspecified atom stereocenters. The summed E-state index contributed by atoms with van der Waals surface area (Å²) in [5.41, 5.74) is 2.16. The molecule has 1 aliphatic rings. The number of carbonyl (C=O) groups is 1. The van der Waals surface area contributed by atoms with Crippen LogP contribution in [-0.4, -0.2) is 30.4 Å². The largest absolute Gasteiger partial charge is 0.494 e. The van der Waals surface area contributed by atoms with Crippen molar-refractivity contribution < 1.29 is 19.0 Å². The van der Waals surface area contributed by atoms with Gasteiger partial charge in [-0.2, -0.15) is 0 Å². The molecule has 0 radical (unpaired) electrons. The molecular weight excluding hydrogens is 524 g/mol. The van der Waals surface area contributed by atoms with Crippen molar-refractivity contribution in [2.24, 2.45) is 4.99 Å². The molecule has 0 fully saturated rings. The summed E-state index contributed by atoms with van der Waals surface area (Å²) < 4.78 is 19.0. The Bertz CT molecular complexity index is 1800. The third kappa shape index (κ3) is 5.10. The summed E-state index contributed by atoms with van der Waals surface area (Å²) in [6, 6.07) is 18.6. The molecule has 3 aromatic carbocycles. The van der Waals surface area contributed by atoms with Gasteiger partial charge in [-0.25, -0.2) is 9.79 Å². The minimum absolute atomic E-state index is 0.213. The van der Waals surface area contributed by atoms with Crippen molar-refractivity contribution >= 4 is 34.2 Å². The minimum atomic E-state index is -0.697. The van der Waals surface area contributed by atoms with E-state index in [9.17, 15) is 9.59 Å². The van der Waals surface area contributed by atoms with E-state index < -0.39 is 12.0 Å². The fourth-order valence-corrected chi connectivity index (χ4v) is 5.88. The lowest BCUT2D eigenvalue weighted by molar-refractivity contribution is -0.139. The van der Waals surface area contributed by atoms with Crippen LogP contribution in [0.2, 0.25) is 0 Å². The molecule has 1 atom stereocenters. The molecule has 0 bridgehead atoms. The summed E-state index contributed by atoms with van der Waals surface area (Å²) in [4.78, 5) is 32.4. The molecule has 4 aromatic rings. The van der Waals surface area contributed by atoms with E-state index in [1.165, 1.54) is 11.3 Å². The highest BCUT2D eigenvalue weighted by molar-refractivity contribution is 7.07. The van der Waals surface area contributed by atoms with Crippen LogP contribution < -0.4 is 24.4 Å². The summed E-state index contributed by atoms with van der Waals surface area (Å²) >= 11 is 1.28. The smallest absolute Gasteiger partial charge is 0.338 e. The Morgan fingerprint density at radius 1 is 1.05 bits per heavy atom. The van der Waals surface area contributed by atoms with Crippen molar-refractivity contribution in [3.8, 4) is 11.5 Å². The molecule has 0 N–H and O–H groups in total. The summed E-state index contributed by atoms with van der Waals surface area (Å²) in [6.07, 6.45) is 3.53. The average Bonchev–Trinajstić information content (AvgIpc) is 3.26. The van der Waals surface area contributed by atoms with E-state index in [1.54, 1.807) is 24.5 Å². The summed E-state index contributed by atoms with van der Waals surface area (Å²) in [5, 5.41) is 1.99. The zero-order valence-corrected chi connectivity index (χ0v) is 23.5. The molecule has 7 nitrogen and oxygen atoms in total. The van der Waals surface area contributed by atoms with Gasteiger partial charge in [-0.1, -0.05) is 66.5 Å². The van der Waals surface area contributed by atoms with Crippen molar-refractivity contribution in [3.63, 3.8) is 0 Å². The highest BCUT2D eigenvalue weighted by atomic mass is 32.1. The summed E-state index contributed by atoms with van der Waals surface area (Å²) in [7, 11) is 0. The van der Waals surface area contributed by atoms with Crippen molar-refractivity contribution in [1.82, 2.24) is 4.57 Å². The number of fused-ring (bicyclic) bond motifs is 2. The van der Waals surface area contributed by atoms with E-state index in [-0.39, 0.29) is 12.2 Å². The average molecular weight is 555 g/mol. The topological polar surface area (TPSA) is 79.1 Å². The molecule has 1 aliphatic heterocycles. The Morgan fingerprint density at radius 3 is 2.55 bits per heavy atom. The molecule has 5 rings (SSSR count). The van der Waals surface area contributed by atoms with Crippen LogP contribution in [-0.2, 0) is 9.53 Å². The van der Waals surface area contributed by atoms with Gasteiger partial charge in [-0.15, -0.1) is 0 Å².